The normalized spacial score (nSPS) is 11.9. The fourth-order valence-corrected chi connectivity index (χ4v) is 8.78. The Balaban J connectivity index is 1.26. The molecule has 0 aliphatic rings. The quantitative estimate of drug-likeness (QED) is 0.187. The molecule has 6 heteroatoms. The van der Waals surface area contributed by atoms with Crippen LogP contribution in [0.25, 0.3) is 104 Å². The molecule has 5 nitrogen and oxygen atoms in total. The zero-order valence-corrected chi connectivity index (χ0v) is 27.9. The molecule has 0 spiro atoms. The fourth-order valence-electron chi connectivity index (χ4n) is 7.61. The fraction of sp³-hybridized carbons (Fsp3) is 0. The van der Waals surface area contributed by atoms with Gasteiger partial charge in [-0.3, -0.25) is 0 Å². The molecule has 0 radical (unpaired) electrons. The van der Waals surface area contributed by atoms with Crippen molar-refractivity contribution in [1.82, 2.24) is 19.5 Å². The van der Waals surface area contributed by atoms with Crippen LogP contribution in [0.3, 0.4) is 0 Å². The van der Waals surface area contributed by atoms with Gasteiger partial charge >= 0.3 is 0 Å². The van der Waals surface area contributed by atoms with Gasteiger partial charge in [0.25, 0.3) is 0 Å². The van der Waals surface area contributed by atoms with E-state index in [-0.39, 0.29) is 0 Å². The molecule has 4 aromatic heterocycles. The molecule has 0 atom stereocenters. The van der Waals surface area contributed by atoms with Crippen LogP contribution in [0.1, 0.15) is 0 Å². The van der Waals surface area contributed by atoms with E-state index >= 15 is 0 Å². The molecule has 0 bridgehead atoms. The topological polar surface area (TPSA) is 56.7 Å². The maximum Gasteiger partial charge on any atom is 0.164 e. The molecule has 11 aromatic rings. The first-order valence-corrected chi connectivity index (χ1v) is 17.8. The molecule has 7 aromatic carbocycles. The van der Waals surface area contributed by atoms with Crippen LogP contribution in [0.5, 0.6) is 0 Å². The van der Waals surface area contributed by atoms with Crippen molar-refractivity contribution in [3.8, 4) is 39.9 Å². The van der Waals surface area contributed by atoms with Crippen LogP contribution < -0.4 is 0 Å². The van der Waals surface area contributed by atoms with Crippen molar-refractivity contribution in [3.05, 3.63) is 158 Å². The van der Waals surface area contributed by atoms with Crippen LogP contribution in [0.4, 0.5) is 0 Å². The summed E-state index contributed by atoms with van der Waals surface area (Å²) in [5.74, 6) is 1.92. The van der Waals surface area contributed by atoms with Crippen molar-refractivity contribution in [2.75, 3.05) is 0 Å². The highest BCUT2D eigenvalue weighted by Crippen LogP contribution is 2.45. The third-order valence-electron chi connectivity index (χ3n) is 9.83. The summed E-state index contributed by atoms with van der Waals surface area (Å²) in [6.07, 6.45) is 0. The molecule has 4 heterocycles. The Hall–Kier alpha value is -6.63. The maximum absolute atomic E-state index is 6.38. The molecular weight excluding hydrogens is 645 g/mol. The molecule has 11 rings (SSSR count). The van der Waals surface area contributed by atoms with E-state index in [0.29, 0.717) is 17.5 Å². The first kappa shape index (κ1) is 28.2. The predicted molar refractivity (Wildman–Crippen MR) is 211 cm³/mol. The Morgan fingerprint density at radius 3 is 1.76 bits per heavy atom. The van der Waals surface area contributed by atoms with E-state index in [1.807, 2.05) is 72.8 Å². The molecule has 0 fully saturated rings. The second-order valence-electron chi connectivity index (χ2n) is 12.8. The van der Waals surface area contributed by atoms with E-state index in [9.17, 15) is 0 Å². The summed E-state index contributed by atoms with van der Waals surface area (Å²) in [7, 11) is 0. The summed E-state index contributed by atoms with van der Waals surface area (Å²) >= 11 is 1.80. The first-order chi connectivity index (χ1) is 25.3. The number of rotatable bonds is 4. The zero-order chi connectivity index (χ0) is 33.5. The predicted octanol–water partition coefficient (Wildman–Crippen LogP) is 12.2. The standard InChI is InChI=1S/C45H26N4OS/c1-3-13-27(14-4-1)43-46-44(28-15-5-2-6-16-28)48-45(47-43)29-25-35(40-32-19-9-12-22-38(32)51-39(40)26-29)49-33-20-10-7-17-30(33)41-34(49)23-24-37-42(41)31-18-8-11-21-36(31)50-37/h1-26H. The maximum atomic E-state index is 6.38. The lowest BCUT2D eigenvalue weighted by molar-refractivity contribution is 0.669. The van der Waals surface area contributed by atoms with Gasteiger partial charge in [0, 0.05) is 58.4 Å². The molecule has 0 unspecified atom stereocenters. The zero-order valence-electron chi connectivity index (χ0n) is 27.1. The molecule has 0 amide bonds. The van der Waals surface area contributed by atoms with Crippen molar-refractivity contribution in [3.63, 3.8) is 0 Å². The minimum absolute atomic E-state index is 0.632. The minimum atomic E-state index is 0.632. The van der Waals surface area contributed by atoms with Crippen LogP contribution >= 0.6 is 11.3 Å². The third-order valence-corrected chi connectivity index (χ3v) is 11.0. The number of aromatic nitrogens is 4. The number of fused-ring (bicyclic) bond motifs is 10. The van der Waals surface area contributed by atoms with Crippen LogP contribution in [0.15, 0.2) is 162 Å². The summed E-state index contributed by atoms with van der Waals surface area (Å²) < 4.78 is 11.2. The second-order valence-corrected chi connectivity index (χ2v) is 13.9. The third kappa shape index (κ3) is 4.30. The Labute approximate surface area is 295 Å². The number of benzene rings is 7. The van der Waals surface area contributed by atoms with Gasteiger partial charge in [-0.25, -0.2) is 15.0 Å². The highest BCUT2D eigenvalue weighted by molar-refractivity contribution is 7.26. The average molecular weight is 671 g/mol. The van der Waals surface area contributed by atoms with Gasteiger partial charge in [0.2, 0.25) is 0 Å². The van der Waals surface area contributed by atoms with E-state index < -0.39 is 0 Å². The van der Waals surface area contributed by atoms with Crippen LogP contribution in [-0.4, -0.2) is 19.5 Å². The summed E-state index contributed by atoms with van der Waals surface area (Å²) in [6, 6.07) is 54.8. The summed E-state index contributed by atoms with van der Waals surface area (Å²) in [6.45, 7) is 0. The molecule has 0 N–H and O–H groups in total. The molecule has 0 saturated heterocycles. The summed E-state index contributed by atoms with van der Waals surface area (Å²) in [5, 5.41) is 7.06. The lowest BCUT2D eigenvalue weighted by Gasteiger charge is -2.14. The number of para-hydroxylation sites is 2. The number of furan rings is 1. The first-order valence-electron chi connectivity index (χ1n) is 16.9. The van der Waals surface area contributed by atoms with Crippen LogP contribution in [0.2, 0.25) is 0 Å². The summed E-state index contributed by atoms with van der Waals surface area (Å²) in [5.41, 5.74) is 7.93. The molecule has 0 aliphatic heterocycles. The van der Waals surface area contributed by atoms with Gasteiger partial charge in [-0.1, -0.05) is 115 Å². The number of thiophene rings is 1. The Morgan fingerprint density at radius 1 is 0.412 bits per heavy atom. The van der Waals surface area contributed by atoms with E-state index in [0.717, 1.165) is 55.3 Å². The molecule has 51 heavy (non-hydrogen) atoms. The highest BCUT2D eigenvalue weighted by atomic mass is 32.1. The number of hydrogen-bond donors (Lipinski definition) is 0. The largest absolute Gasteiger partial charge is 0.456 e. The monoisotopic (exact) mass is 670 g/mol. The van der Waals surface area contributed by atoms with E-state index in [1.165, 1.54) is 30.9 Å². The smallest absolute Gasteiger partial charge is 0.164 e. The molecule has 0 aliphatic carbocycles. The van der Waals surface area contributed by atoms with Crippen molar-refractivity contribution < 1.29 is 4.42 Å². The van der Waals surface area contributed by atoms with Gasteiger partial charge in [-0.05, 0) is 42.5 Å². The lowest BCUT2D eigenvalue weighted by atomic mass is 10.1. The molecule has 0 saturated carbocycles. The van der Waals surface area contributed by atoms with Crippen molar-refractivity contribution >= 4 is 75.3 Å². The SMILES string of the molecule is c1ccc(-c2nc(-c3ccccc3)nc(-c3cc(-n4c5ccccc5c5c6c(ccc54)oc4ccccc46)c4c(c3)sc3ccccc34)n2)cc1. The van der Waals surface area contributed by atoms with Crippen LogP contribution in [0, 0.1) is 0 Å². The highest BCUT2D eigenvalue weighted by Gasteiger charge is 2.22. The Morgan fingerprint density at radius 2 is 1.02 bits per heavy atom. The van der Waals surface area contributed by atoms with Crippen molar-refractivity contribution in [1.29, 1.82) is 0 Å². The van der Waals surface area contributed by atoms with Gasteiger partial charge in [-0.15, -0.1) is 11.3 Å². The Kier molecular flexibility index (Phi) is 6.05. The summed E-state index contributed by atoms with van der Waals surface area (Å²) in [4.78, 5) is 15.2. The van der Waals surface area contributed by atoms with E-state index in [2.05, 4.69) is 89.5 Å². The molecular formula is C45H26N4OS. The van der Waals surface area contributed by atoms with Crippen molar-refractivity contribution in [2.24, 2.45) is 0 Å². The second kappa shape index (κ2) is 10.9. The average Bonchev–Trinajstić information content (AvgIpc) is 3.87. The minimum Gasteiger partial charge on any atom is -0.456 e. The van der Waals surface area contributed by atoms with Gasteiger partial charge in [0.15, 0.2) is 17.5 Å². The van der Waals surface area contributed by atoms with Gasteiger partial charge < -0.3 is 8.98 Å². The van der Waals surface area contributed by atoms with E-state index in [4.69, 9.17) is 19.4 Å². The number of nitrogens with zero attached hydrogens (tertiary/aromatic N) is 4. The lowest BCUT2D eigenvalue weighted by Crippen LogP contribution is -2.01. The van der Waals surface area contributed by atoms with Crippen LogP contribution in [-0.2, 0) is 0 Å². The van der Waals surface area contributed by atoms with E-state index in [1.54, 1.807) is 11.3 Å². The van der Waals surface area contributed by atoms with Gasteiger partial charge in [0.1, 0.15) is 11.2 Å². The van der Waals surface area contributed by atoms with Crippen molar-refractivity contribution in [2.45, 2.75) is 0 Å². The number of hydrogen-bond acceptors (Lipinski definition) is 5. The van der Waals surface area contributed by atoms with Gasteiger partial charge in [-0.2, -0.15) is 0 Å². The molecule has 238 valence electrons. The van der Waals surface area contributed by atoms with Gasteiger partial charge in [0.05, 0.1) is 16.7 Å². The Bertz CT molecular complexity index is 3080.